The molecule has 0 fully saturated rings. The number of carbonyl (C=O) groups excluding carboxylic acids is 1. The van der Waals surface area contributed by atoms with E-state index in [1.54, 1.807) is 24.3 Å². The molecule has 0 aliphatic carbocycles. The van der Waals surface area contributed by atoms with Gasteiger partial charge in [0, 0.05) is 5.56 Å². The average molecular weight is 261 g/mol. The van der Waals surface area contributed by atoms with E-state index in [0.29, 0.717) is 11.1 Å². The third-order valence-corrected chi connectivity index (χ3v) is 3.09. The first-order valence-corrected chi connectivity index (χ1v) is 6.54. The molecule has 0 heterocycles. The highest BCUT2D eigenvalue weighted by atomic mass is 16.1. The van der Waals surface area contributed by atoms with Crippen LogP contribution in [0.4, 0.5) is 0 Å². The van der Waals surface area contributed by atoms with E-state index in [-0.39, 0.29) is 5.78 Å². The van der Waals surface area contributed by atoms with Crippen LogP contribution in [0, 0.1) is 11.3 Å². The minimum Gasteiger partial charge on any atom is -0.289 e. The number of carbonyl (C=O) groups is 1. The maximum Gasteiger partial charge on any atom is 0.185 e. The normalized spacial score (nSPS) is 10.4. The second-order valence-electron chi connectivity index (χ2n) is 4.49. The predicted octanol–water partition coefficient (Wildman–Crippen LogP) is 4.02. The number of rotatable bonds is 4. The molecular formula is C18H15NO. The summed E-state index contributed by atoms with van der Waals surface area (Å²) in [6, 6.07) is 16.9. The molecule has 0 spiro atoms. The lowest BCUT2D eigenvalue weighted by Gasteiger charge is -1.99. The van der Waals surface area contributed by atoms with Gasteiger partial charge in [0.25, 0.3) is 0 Å². The summed E-state index contributed by atoms with van der Waals surface area (Å²) in [4.78, 5) is 12.0. The first kappa shape index (κ1) is 13.8. The highest BCUT2D eigenvalue weighted by Gasteiger charge is 2.01. The Kier molecular flexibility index (Phi) is 4.47. The second-order valence-corrected chi connectivity index (χ2v) is 4.49. The number of aryl methyl sites for hydroxylation is 1. The van der Waals surface area contributed by atoms with Crippen LogP contribution in [-0.4, -0.2) is 5.78 Å². The Morgan fingerprint density at radius 3 is 2.60 bits per heavy atom. The van der Waals surface area contributed by atoms with Crippen LogP contribution >= 0.6 is 0 Å². The number of nitrogens with zero attached hydrogens (tertiary/aromatic N) is 1. The van der Waals surface area contributed by atoms with Gasteiger partial charge >= 0.3 is 0 Å². The number of allylic oxidation sites excluding steroid dienone is 1. The molecule has 0 N–H and O–H groups in total. The lowest BCUT2D eigenvalue weighted by atomic mass is 10.1. The van der Waals surface area contributed by atoms with E-state index < -0.39 is 0 Å². The molecule has 0 bridgehead atoms. The van der Waals surface area contributed by atoms with Crippen LogP contribution < -0.4 is 0 Å². The maximum absolute atomic E-state index is 12.0. The molecule has 0 saturated carbocycles. The SMILES string of the molecule is CCc1ccc(C(=O)/C=C/c2cccc(C#N)c2)cc1. The van der Waals surface area contributed by atoms with Crippen LogP contribution in [0.1, 0.15) is 34.0 Å². The highest BCUT2D eigenvalue weighted by molar-refractivity contribution is 6.06. The van der Waals surface area contributed by atoms with Gasteiger partial charge in [0.05, 0.1) is 11.6 Å². The van der Waals surface area contributed by atoms with Crippen LogP contribution in [0.3, 0.4) is 0 Å². The van der Waals surface area contributed by atoms with Crippen molar-refractivity contribution < 1.29 is 4.79 Å². The van der Waals surface area contributed by atoms with E-state index in [4.69, 9.17) is 5.26 Å². The summed E-state index contributed by atoms with van der Waals surface area (Å²) in [5.41, 5.74) is 3.33. The van der Waals surface area contributed by atoms with Crippen molar-refractivity contribution in [3.05, 3.63) is 76.9 Å². The van der Waals surface area contributed by atoms with E-state index in [9.17, 15) is 4.79 Å². The van der Waals surface area contributed by atoms with Gasteiger partial charge in [0.1, 0.15) is 0 Å². The van der Waals surface area contributed by atoms with Crippen molar-refractivity contribution in [2.24, 2.45) is 0 Å². The van der Waals surface area contributed by atoms with Crippen LogP contribution in [0.25, 0.3) is 6.08 Å². The first-order valence-electron chi connectivity index (χ1n) is 6.54. The summed E-state index contributed by atoms with van der Waals surface area (Å²) in [7, 11) is 0. The molecule has 2 aromatic carbocycles. The van der Waals surface area contributed by atoms with Crippen molar-refractivity contribution in [3.8, 4) is 6.07 Å². The van der Waals surface area contributed by atoms with Gasteiger partial charge < -0.3 is 0 Å². The number of hydrogen-bond acceptors (Lipinski definition) is 2. The van der Waals surface area contributed by atoms with Gasteiger partial charge in [-0.15, -0.1) is 0 Å². The number of nitriles is 1. The highest BCUT2D eigenvalue weighted by Crippen LogP contribution is 2.09. The summed E-state index contributed by atoms with van der Waals surface area (Å²) in [5, 5.41) is 8.83. The number of ketones is 1. The Morgan fingerprint density at radius 2 is 1.95 bits per heavy atom. The Bertz CT molecular complexity index is 675. The van der Waals surface area contributed by atoms with Gasteiger partial charge in [0.2, 0.25) is 0 Å². The zero-order chi connectivity index (χ0) is 14.4. The minimum atomic E-state index is -0.0324. The van der Waals surface area contributed by atoms with Crippen molar-refractivity contribution in [1.29, 1.82) is 5.26 Å². The Hall–Kier alpha value is -2.66. The van der Waals surface area contributed by atoms with Crippen LogP contribution in [0.2, 0.25) is 0 Å². The fraction of sp³-hybridized carbons (Fsp3) is 0.111. The van der Waals surface area contributed by atoms with Gasteiger partial charge in [-0.25, -0.2) is 0 Å². The van der Waals surface area contributed by atoms with Gasteiger partial charge in [0.15, 0.2) is 5.78 Å². The van der Waals surface area contributed by atoms with Crippen molar-refractivity contribution in [2.45, 2.75) is 13.3 Å². The molecule has 2 nitrogen and oxygen atoms in total. The van der Waals surface area contributed by atoms with E-state index in [2.05, 4.69) is 13.0 Å². The number of hydrogen-bond donors (Lipinski definition) is 0. The fourth-order valence-electron chi connectivity index (χ4n) is 1.88. The smallest absolute Gasteiger partial charge is 0.185 e. The van der Waals surface area contributed by atoms with Gasteiger partial charge in [-0.2, -0.15) is 5.26 Å². The Morgan fingerprint density at radius 1 is 1.20 bits per heavy atom. The number of benzene rings is 2. The molecule has 2 heteroatoms. The molecule has 98 valence electrons. The summed E-state index contributed by atoms with van der Waals surface area (Å²) in [6.07, 6.45) is 4.24. The second kappa shape index (κ2) is 6.49. The first-order chi connectivity index (χ1) is 9.72. The molecule has 0 aromatic heterocycles. The molecule has 0 aliphatic heterocycles. The van der Waals surface area contributed by atoms with E-state index in [0.717, 1.165) is 12.0 Å². The lowest BCUT2D eigenvalue weighted by molar-refractivity contribution is 0.104. The molecule has 2 aromatic rings. The van der Waals surface area contributed by atoms with Crippen LogP contribution in [0.15, 0.2) is 54.6 Å². The molecule has 20 heavy (non-hydrogen) atoms. The van der Waals surface area contributed by atoms with E-state index >= 15 is 0 Å². The Balaban J connectivity index is 2.13. The van der Waals surface area contributed by atoms with Gasteiger partial charge in [-0.3, -0.25) is 4.79 Å². The molecule has 0 radical (unpaired) electrons. The molecule has 0 unspecified atom stereocenters. The summed E-state index contributed by atoms with van der Waals surface area (Å²) in [6.45, 7) is 2.08. The third kappa shape index (κ3) is 3.43. The molecule has 0 atom stereocenters. The zero-order valence-electron chi connectivity index (χ0n) is 11.3. The monoisotopic (exact) mass is 261 g/mol. The summed E-state index contributed by atoms with van der Waals surface area (Å²) >= 11 is 0. The van der Waals surface area contributed by atoms with Crippen molar-refractivity contribution in [2.75, 3.05) is 0 Å². The van der Waals surface area contributed by atoms with Gasteiger partial charge in [-0.05, 0) is 35.8 Å². The van der Waals surface area contributed by atoms with Crippen LogP contribution in [0.5, 0.6) is 0 Å². The van der Waals surface area contributed by atoms with E-state index in [1.807, 2.05) is 30.3 Å². The summed E-state index contributed by atoms with van der Waals surface area (Å²) in [5.74, 6) is -0.0324. The minimum absolute atomic E-state index is 0.0324. The van der Waals surface area contributed by atoms with E-state index in [1.165, 1.54) is 11.6 Å². The largest absolute Gasteiger partial charge is 0.289 e. The van der Waals surface area contributed by atoms with Crippen molar-refractivity contribution >= 4 is 11.9 Å². The molecule has 2 rings (SSSR count). The van der Waals surface area contributed by atoms with Crippen molar-refractivity contribution in [3.63, 3.8) is 0 Å². The molecule has 0 saturated heterocycles. The quantitative estimate of drug-likeness (QED) is 0.616. The Labute approximate surface area is 119 Å². The predicted molar refractivity (Wildman–Crippen MR) is 80.3 cm³/mol. The maximum atomic E-state index is 12.0. The third-order valence-electron chi connectivity index (χ3n) is 3.09. The topological polar surface area (TPSA) is 40.9 Å². The van der Waals surface area contributed by atoms with Crippen molar-refractivity contribution in [1.82, 2.24) is 0 Å². The standard InChI is InChI=1S/C18H15NO/c1-2-14-6-9-17(10-7-14)18(20)11-8-15-4-3-5-16(12-15)13-19/h3-12H,2H2,1H3/b11-8+. The lowest BCUT2D eigenvalue weighted by Crippen LogP contribution is -1.94. The molecular weight excluding hydrogens is 246 g/mol. The zero-order valence-corrected chi connectivity index (χ0v) is 11.3. The molecule has 0 amide bonds. The average Bonchev–Trinajstić information content (AvgIpc) is 2.53. The molecule has 0 aliphatic rings. The van der Waals surface area contributed by atoms with Gasteiger partial charge in [-0.1, -0.05) is 49.4 Å². The van der Waals surface area contributed by atoms with Crippen LogP contribution in [-0.2, 0) is 6.42 Å². The summed E-state index contributed by atoms with van der Waals surface area (Å²) < 4.78 is 0. The fourth-order valence-corrected chi connectivity index (χ4v) is 1.88.